The number of aryl methyl sites for hydroxylation is 1. The van der Waals surface area contributed by atoms with Gasteiger partial charge in [-0.15, -0.1) is 5.46 Å². The van der Waals surface area contributed by atoms with Gasteiger partial charge in [0.1, 0.15) is 0 Å². The third-order valence-electron chi connectivity index (χ3n) is 5.56. The van der Waals surface area contributed by atoms with E-state index < -0.39 is 41.2 Å². The van der Waals surface area contributed by atoms with E-state index in [0.717, 1.165) is 4.88 Å². The lowest BCUT2D eigenvalue weighted by Gasteiger charge is -2.38. The smallest absolute Gasteiger partial charge is 0.416 e. The second-order valence-corrected chi connectivity index (χ2v) is 9.58. The Hall–Kier alpha value is -1.52. The number of hydrogen-bond donors (Lipinski definition) is 0. The third-order valence-corrected chi connectivity index (χ3v) is 6.70. The van der Waals surface area contributed by atoms with Gasteiger partial charge in [-0.25, -0.2) is 0 Å². The molecule has 1 aromatic carbocycles. The van der Waals surface area contributed by atoms with Crippen molar-refractivity contribution in [3.63, 3.8) is 0 Å². The van der Waals surface area contributed by atoms with Crippen LogP contribution in [0.4, 0.5) is 26.3 Å². The third kappa shape index (κ3) is 3.82. The largest absolute Gasteiger partial charge is 0.554 e. The summed E-state index contributed by atoms with van der Waals surface area (Å²) >= 11 is 1.22. The van der Waals surface area contributed by atoms with Gasteiger partial charge in [0.15, 0.2) is 0 Å². The van der Waals surface area contributed by atoms with Crippen molar-refractivity contribution < 1.29 is 35.7 Å². The molecule has 0 amide bonds. The number of thiophene rings is 1. The molecule has 0 spiro atoms. The maximum Gasteiger partial charge on any atom is 0.416 e. The standard InChI is InChI=1S/C19H20BF6O2S/c1-11-6-7-15(29-11)20(27-16(2,3)17(4,5)28-20)14-9-12(18(21,22)23)8-13(10-14)19(24,25)26/h6-10H,1-5H3/q-1. The zero-order valence-corrected chi connectivity index (χ0v) is 17.3. The molecule has 29 heavy (non-hydrogen) atoms. The minimum atomic E-state index is -4.96. The molecular formula is C19H20BF6O2S-. The van der Waals surface area contributed by atoms with Crippen LogP contribution in [0.2, 0.25) is 0 Å². The molecule has 0 bridgehead atoms. The van der Waals surface area contributed by atoms with E-state index in [1.807, 2.05) is 0 Å². The zero-order valence-electron chi connectivity index (χ0n) is 16.5. The molecule has 2 heterocycles. The Balaban J connectivity index is 2.33. The number of rotatable bonds is 2. The van der Waals surface area contributed by atoms with Gasteiger partial charge in [0.25, 0.3) is 0 Å². The van der Waals surface area contributed by atoms with Crippen molar-refractivity contribution >= 4 is 28.1 Å². The highest BCUT2D eigenvalue weighted by molar-refractivity contribution is 7.27. The van der Waals surface area contributed by atoms with Gasteiger partial charge < -0.3 is 9.31 Å². The van der Waals surface area contributed by atoms with Crippen molar-refractivity contribution in [2.75, 3.05) is 0 Å². The molecule has 0 unspecified atom stereocenters. The van der Waals surface area contributed by atoms with E-state index in [2.05, 4.69) is 0 Å². The van der Waals surface area contributed by atoms with Crippen LogP contribution in [0.15, 0.2) is 30.3 Å². The van der Waals surface area contributed by atoms with Crippen LogP contribution in [-0.2, 0) is 21.7 Å². The summed E-state index contributed by atoms with van der Waals surface area (Å²) in [5, 5.41) is 0. The lowest BCUT2D eigenvalue weighted by atomic mass is 9.50. The predicted molar refractivity (Wildman–Crippen MR) is 101 cm³/mol. The summed E-state index contributed by atoms with van der Waals surface area (Å²) in [6.45, 7) is 5.83. The first-order chi connectivity index (χ1) is 13.0. The molecule has 2 nitrogen and oxygen atoms in total. The van der Waals surface area contributed by atoms with E-state index in [1.165, 1.54) is 11.3 Å². The van der Waals surface area contributed by atoms with Gasteiger partial charge in [0, 0.05) is 11.2 Å². The maximum absolute atomic E-state index is 13.4. The molecule has 0 radical (unpaired) electrons. The van der Waals surface area contributed by atoms with Gasteiger partial charge >= 0.3 is 18.9 Å². The molecule has 0 aliphatic carbocycles. The Bertz CT molecular complexity index is 881. The monoisotopic (exact) mass is 437 g/mol. The lowest BCUT2D eigenvalue weighted by molar-refractivity contribution is -0.142. The number of hydrogen-bond acceptors (Lipinski definition) is 3. The fraction of sp³-hybridized carbons (Fsp3) is 0.474. The normalized spacial score (nSPS) is 20.8. The molecule has 3 rings (SSSR count). The molecule has 0 N–H and O–H groups in total. The van der Waals surface area contributed by atoms with E-state index in [0.29, 0.717) is 16.9 Å². The van der Waals surface area contributed by atoms with Crippen LogP contribution in [0.3, 0.4) is 0 Å². The fourth-order valence-electron chi connectivity index (χ4n) is 3.41. The molecule has 1 aliphatic heterocycles. The minimum absolute atomic E-state index is 0.109. The summed E-state index contributed by atoms with van der Waals surface area (Å²) in [7, 11) is 0. The summed E-state index contributed by atoms with van der Waals surface area (Å²) < 4.78 is 93.3. The summed E-state index contributed by atoms with van der Waals surface area (Å²) in [5.41, 5.74) is -5.00. The Kier molecular flexibility index (Phi) is 4.96. The summed E-state index contributed by atoms with van der Waals surface area (Å²) in [6, 6.07) is 4.86. The van der Waals surface area contributed by atoms with Crippen LogP contribution in [0.5, 0.6) is 0 Å². The SMILES string of the molecule is Cc1ccc([B-]2(c3cc(C(F)(F)F)cc(C(F)(F)F)c3)OC(C)(C)C(C)(C)O2)s1. The van der Waals surface area contributed by atoms with E-state index >= 15 is 0 Å². The van der Waals surface area contributed by atoms with Crippen molar-refractivity contribution in [2.45, 2.75) is 58.2 Å². The van der Waals surface area contributed by atoms with Crippen molar-refractivity contribution in [3.8, 4) is 0 Å². The Morgan fingerprint density at radius 3 is 1.59 bits per heavy atom. The molecule has 0 atom stereocenters. The Morgan fingerprint density at radius 2 is 1.24 bits per heavy atom. The average molecular weight is 437 g/mol. The van der Waals surface area contributed by atoms with Crippen LogP contribution in [0, 0.1) is 6.92 Å². The molecule has 1 fully saturated rings. The van der Waals surface area contributed by atoms with Crippen LogP contribution in [-0.4, -0.2) is 17.8 Å². The molecule has 2 aromatic rings. The fourth-order valence-corrected chi connectivity index (χ4v) is 4.44. The first-order valence-electron chi connectivity index (χ1n) is 8.89. The molecular weight excluding hydrogens is 417 g/mol. The van der Waals surface area contributed by atoms with Gasteiger partial charge in [-0.05, 0) is 45.6 Å². The van der Waals surface area contributed by atoms with E-state index in [-0.39, 0.29) is 11.5 Å². The lowest BCUT2D eigenvalue weighted by Crippen LogP contribution is -2.60. The Morgan fingerprint density at radius 1 is 0.793 bits per heavy atom. The predicted octanol–water partition coefficient (Wildman–Crippen LogP) is 5.25. The topological polar surface area (TPSA) is 18.5 Å². The van der Waals surface area contributed by atoms with Gasteiger partial charge in [-0.3, -0.25) is 0 Å². The zero-order chi connectivity index (χ0) is 22.0. The van der Waals surface area contributed by atoms with E-state index in [1.54, 1.807) is 46.8 Å². The van der Waals surface area contributed by atoms with Gasteiger partial charge in [0.05, 0.1) is 11.1 Å². The van der Waals surface area contributed by atoms with Crippen molar-refractivity contribution in [1.82, 2.24) is 0 Å². The molecule has 0 saturated carbocycles. The summed E-state index contributed by atoms with van der Waals surface area (Å²) in [6.07, 6.45) is -9.91. The van der Waals surface area contributed by atoms with E-state index in [9.17, 15) is 26.3 Å². The molecule has 10 heteroatoms. The molecule has 160 valence electrons. The first-order valence-corrected chi connectivity index (χ1v) is 9.71. The summed E-state index contributed by atoms with van der Waals surface area (Å²) in [5.74, 6) is 0. The number of benzene rings is 1. The van der Waals surface area contributed by atoms with Gasteiger partial charge in [-0.2, -0.15) is 37.7 Å². The highest BCUT2D eigenvalue weighted by Crippen LogP contribution is 2.43. The van der Waals surface area contributed by atoms with Crippen LogP contribution in [0.25, 0.3) is 0 Å². The van der Waals surface area contributed by atoms with Gasteiger partial charge in [0.2, 0.25) is 0 Å². The minimum Gasteiger partial charge on any atom is -0.554 e. The van der Waals surface area contributed by atoms with Crippen LogP contribution in [0.1, 0.15) is 43.7 Å². The molecule has 1 aliphatic rings. The second-order valence-electron chi connectivity index (χ2n) is 8.26. The van der Waals surface area contributed by atoms with Crippen molar-refractivity contribution in [2.24, 2.45) is 0 Å². The van der Waals surface area contributed by atoms with Crippen LogP contribution < -0.4 is 10.2 Å². The highest BCUT2D eigenvalue weighted by atomic mass is 32.1. The molecule has 1 saturated heterocycles. The quantitative estimate of drug-likeness (QED) is 0.472. The van der Waals surface area contributed by atoms with Gasteiger partial charge in [-0.1, -0.05) is 29.0 Å². The average Bonchev–Trinajstić information content (AvgIpc) is 3.05. The Labute approximate surface area is 168 Å². The summed E-state index contributed by atoms with van der Waals surface area (Å²) in [4.78, 5) is 0.832. The number of alkyl halides is 6. The van der Waals surface area contributed by atoms with E-state index in [4.69, 9.17) is 9.31 Å². The number of halogens is 6. The maximum atomic E-state index is 13.4. The first kappa shape index (κ1) is 22.2. The van der Waals surface area contributed by atoms with Crippen molar-refractivity contribution in [1.29, 1.82) is 0 Å². The highest BCUT2D eigenvalue weighted by Gasteiger charge is 2.54. The second kappa shape index (κ2) is 6.49. The van der Waals surface area contributed by atoms with Crippen LogP contribution >= 0.6 is 11.3 Å². The molecule has 1 aromatic heterocycles. The van der Waals surface area contributed by atoms with Crippen molar-refractivity contribution in [3.05, 3.63) is 46.3 Å².